The molecule has 5 rings (SSSR count). The molecular weight excluding hydrogens is 414 g/mol. The van der Waals surface area contributed by atoms with E-state index in [1.54, 1.807) is 35.4 Å². The van der Waals surface area contributed by atoms with E-state index in [2.05, 4.69) is 43.6 Å². The molecule has 0 aliphatic heterocycles. The molecule has 4 heterocycles. The van der Waals surface area contributed by atoms with Crippen molar-refractivity contribution in [1.82, 2.24) is 29.1 Å². The van der Waals surface area contributed by atoms with Crippen LogP contribution in [0.2, 0.25) is 5.02 Å². The zero-order valence-electron chi connectivity index (χ0n) is 16.9. The molecule has 0 spiro atoms. The lowest BCUT2D eigenvalue weighted by molar-refractivity contribution is 0.126. The Morgan fingerprint density at radius 1 is 1.13 bits per heavy atom. The minimum absolute atomic E-state index is 0.147. The van der Waals surface area contributed by atoms with Crippen LogP contribution in [0, 0.1) is 13.8 Å². The lowest BCUT2D eigenvalue weighted by Crippen LogP contribution is -1.99. The van der Waals surface area contributed by atoms with Gasteiger partial charge in [-0.05, 0) is 49.2 Å². The Morgan fingerprint density at radius 2 is 1.97 bits per heavy atom. The van der Waals surface area contributed by atoms with E-state index in [0.717, 1.165) is 39.2 Å². The summed E-state index contributed by atoms with van der Waals surface area (Å²) in [6.07, 6.45) is 6.85. The van der Waals surface area contributed by atoms with E-state index in [9.17, 15) is 0 Å². The van der Waals surface area contributed by atoms with Crippen molar-refractivity contribution in [3.63, 3.8) is 0 Å². The van der Waals surface area contributed by atoms with Gasteiger partial charge in [0.15, 0.2) is 23.7 Å². The highest BCUT2D eigenvalue weighted by Gasteiger charge is 2.19. The Hall–Kier alpha value is -3.78. The van der Waals surface area contributed by atoms with Gasteiger partial charge < -0.3 is 4.84 Å². The first kappa shape index (κ1) is 19.2. The lowest BCUT2D eigenvalue weighted by Gasteiger charge is -2.06. The van der Waals surface area contributed by atoms with Crippen LogP contribution in [-0.4, -0.2) is 35.3 Å². The molecular formula is C22H18ClN7O. The quantitative estimate of drug-likeness (QED) is 0.306. The zero-order valence-corrected chi connectivity index (χ0v) is 17.7. The molecule has 0 unspecified atom stereocenters. The summed E-state index contributed by atoms with van der Waals surface area (Å²) in [6.45, 7) is 4.27. The number of benzene rings is 1. The van der Waals surface area contributed by atoms with Gasteiger partial charge >= 0.3 is 0 Å². The number of halogens is 1. The third kappa shape index (κ3) is 3.51. The number of hydrogen-bond donors (Lipinski definition) is 0. The van der Waals surface area contributed by atoms with Crippen molar-refractivity contribution in [2.24, 2.45) is 5.16 Å². The van der Waals surface area contributed by atoms with Gasteiger partial charge in [0.2, 0.25) is 0 Å². The molecule has 5 aromatic rings. The summed E-state index contributed by atoms with van der Waals surface area (Å²) in [5.41, 5.74) is 5.56. The number of aryl methyl sites for hydroxylation is 1. The standard InChI is InChI=1S/C22H18ClN7O/c1-14-15(2)30(18-4-3-9-24-11-18)21-20(14)22-27-19(28-29(22)13-25-21)12-31-26-10-16-5-7-17(23)8-6-16/h3-11,13H,12H2,1-2H3. The molecule has 1 aromatic carbocycles. The van der Waals surface area contributed by atoms with Gasteiger partial charge in [-0.2, -0.15) is 0 Å². The van der Waals surface area contributed by atoms with E-state index < -0.39 is 0 Å². The molecule has 0 N–H and O–H groups in total. The van der Waals surface area contributed by atoms with E-state index in [0.29, 0.717) is 10.8 Å². The first-order chi connectivity index (χ1) is 15.1. The second-order valence-electron chi connectivity index (χ2n) is 7.06. The molecule has 0 saturated heterocycles. The highest BCUT2D eigenvalue weighted by Crippen LogP contribution is 2.29. The molecule has 0 radical (unpaired) electrons. The SMILES string of the molecule is Cc1c(C)n(-c2cccnc2)c2ncn3nc(CON=Cc4ccc(Cl)cc4)nc3c12. The van der Waals surface area contributed by atoms with Crippen molar-refractivity contribution in [1.29, 1.82) is 0 Å². The minimum atomic E-state index is 0.147. The molecule has 0 saturated carbocycles. The van der Waals surface area contributed by atoms with Crippen LogP contribution in [0.4, 0.5) is 0 Å². The molecule has 31 heavy (non-hydrogen) atoms. The zero-order chi connectivity index (χ0) is 21.4. The van der Waals surface area contributed by atoms with Gasteiger partial charge in [0.1, 0.15) is 6.33 Å². The number of hydrogen-bond acceptors (Lipinski definition) is 6. The summed E-state index contributed by atoms with van der Waals surface area (Å²) in [6, 6.07) is 11.2. The van der Waals surface area contributed by atoms with E-state index in [-0.39, 0.29) is 6.61 Å². The van der Waals surface area contributed by atoms with Gasteiger partial charge in [-0.1, -0.05) is 28.9 Å². The Labute approximate surface area is 182 Å². The lowest BCUT2D eigenvalue weighted by atomic mass is 10.2. The first-order valence-corrected chi connectivity index (χ1v) is 10.0. The van der Waals surface area contributed by atoms with Crippen LogP contribution < -0.4 is 0 Å². The van der Waals surface area contributed by atoms with E-state index in [1.807, 2.05) is 30.5 Å². The average Bonchev–Trinajstić information content (AvgIpc) is 3.31. The maximum absolute atomic E-state index is 5.89. The fraction of sp³-hybridized carbons (Fsp3) is 0.136. The smallest absolute Gasteiger partial charge is 0.192 e. The highest BCUT2D eigenvalue weighted by atomic mass is 35.5. The summed E-state index contributed by atoms with van der Waals surface area (Å²) in [7, 11) is 0. The highest BCUT2D eigenvalue weighted by molar-refractivity contribution is 6.30. The number of fused-ring (bicyclic) bond motifs is 3. The van der Waals surface area contributed by atoms with Crippen LogP contribution in [0.25, 0.3) is 22.4 Å². The molecule has 4 aromatic heterocycles. The number of aromatic nitrogens is 6. The molecule has 0 aliphatic rings. The van der Waals surface area contributed by atoms with Gasteiger partial charge in [0, 0.05) is 16.9 Å². The third-order valence-electron chi connectivity index (χ3n) is 5.12. The second kappa shape index (κ2) is 7.81. The molecule has 8 nitrogen and oxygen atoms in total. The minimum Gasteiger partial charge on any atom is -0.387 e. The Morgan fingerprint density at radius 3 is 2.74 bits per heavy atom. The van der Waals surface area contributed by atoms with Crippen molar-refractivity contribution in [3.8, 4) is 5.69 Å². The van der Waals surface area contributed by atoms with Crippen molar-refractivity contribution in [2.75, 3.05) is 0 Å². The second-order valence-corrected chi connectivity index (χ2v) is 7.49. The van der Waals surface area contributed by atoms with E-state index in [4.69, 9.17) is 16.4 Å². The fourth-order valence-electron chi connectivity index (χ4n) is 3.51. The molecule has 0 aliphatic carbocycles. The summed E-state index contributed by atoms with van der Waals surface area (Å²) < 4.78 is 3.75. The molecule has 0 bridgehead atoms. The summed E-state index contributed by atoms with van der Waals surface area (Å²) >= 11 is 5.89. The average molecular weight is 432 g/mol. The van der Waals surface area contributed by atoms with Gasteiger partial charge in [-0.25, -0.2) is 14.5 Å². The van der Waals surface area contributed by atoms with Gasteiger partial charge in [0.05, 0.1) is 23.5 Å². The van der Waals surface area contributed by atoms with Gasteiger partial charge in [-0.15, -0.1) is 5.10 Å². The van der Waals surface area contributed by atoms with Crippen LogP contribution >= 0.6 is 11.6 Å². The van der Waals surface area contributed by atoms with Crippen molar-refractivity contribution >= 4 is 34.5 Å². The summed E-state index contributed by atoms with van der Waals surface area (Å²) in [5, 5.41) is 10.1. The number of rotatable bonds is 5. The van der Waals surface area contributed by atoms with E-state index in [1.165, 1.54) is 0 Å². The Balaban J connectivity index is 1.46. The van der Waals surface area contributed by atoms with Crippen LogP contribution in [0.3, 0.4) is 0 Å². The number of pyridine rings is 1. The normalized spacial score (nSPS) is 11.7. The maximum atomic E-state index is 5.89. The molecule has 154 valence electrons. The van der Waals surface area contributed by atoms with Crippen molar-refractivity contribution < 1.29 is 4.84 Å². The molecule has 0 atom stereocenters. The largest absolute Gasteiger partial charge is 0.387 e. The first-order valence-electron chi connectivity index (χ1n) is 9.65. The van der Waals surface area contributed by atoms with Crippen LogP contribution in [0.15, 0.2) is 60.3 Å². The monoisotopic (exact) mass is 431 g/mol. The molecule has 9 heteroatoms. The van der Waals surface area contributed by atoms with Crippen molar-refractivity contribution in [3.05, 3.63) is 82.8 Å². The van der Waals surface area contributed by atoms with Gasteiger partial charge in [0.25, 0.3) is 0 Å². The van der Waals surface area contributed by atoms with E-state index >= 15 is 0 Å². The van der Waals surface area contributed by atoms with Crippen molar-refractivity contribution in [2.45, 2.75) is 20.5 Å². The topological polar surface area (TPSA) is 82.5 Å². The van der Waals surface area contributed by atoms with Crippen LogP contribution in [0.5, 0.6) is 0 Å². The summed E-state index contributed by atoms with van der Waals surface area (Å²) in [5.74, 6) is 0.522. The third-order valence-corrected chi connectivity index (χ3v) is 5.37. The Kier molecular flexibility index (Phi) is 4.83. The predicted octanol–water partition coefficient (Wildman–Crippen LogP) is 4.28. The maximum Gasteiger partial charge on any atom is 0.192 e. The number of nitrogens with zero attached hydrogens (tertiary/aromatic N) is 7. The summed E-state index contributed by atoms with van der Waals surface area (Å²) in [4.78, 5) is 18.9. The van der Waals surface area contributed by atoms with Crippen LogP contribution in [-0.2, 0) is 11.4 Å². The van der Waals surface area contributed by atoms with Crippen LogP contribution in [0.1, 0.15) is 22.6 Å². The number of oxime groups is 1. The van der Waals surface area contributed by atoms with Gasteiger partial charge in [-0.3, -0.25) is 9.55 Å². The molecule has 0 amide bonds. The fourth-order valence-corrected chi connectivity index (χ4v) is 3.64. The molecule has 0 fully saturated rings. The predicted molar refractivity (Wildman–Crippen MR) is 119 cm³/mol. The Bertz CT molecular complexity index is 1410.